The van der Waals surface area contributed by atoms with Gasteiger partial charge in [0.05, 0.1) is 30.5 Å². The number of aromatic nitrogens is 1. The summed E-state index contributed by atoms with van der Waals surface area (Å²) in [5, 5.41) is 7.14. The fourth-order valence-corrected chi connectivity index (χ4v) is 9.82. The lowest BCUT2D eigenvalue weighted by Gasteiger charge is -2.39. The number of carbonyl (C=O) groups excluding carboxylic acids is 4. The summed E-state index contributed by atoms with van der Waals surface area (Å²) >= 11 is 1.40. The molecule has 3 fully saturated rings. The number of carbonyl (C=O) groups is 4. The van der Waals surface area contributed by atoms with Gasteiger partial charge in [-0.05, 0) is 86.9 Å². The van der Waals surface area contributed by atoms with Crippen LogP contribution in [-0.2, 0) is 32.1 Å². The van der Waals surface area contributed by atoms with Crippen molar-refractivity contribution in [2.24, 2.45) is 23.7 Å². The third-order valence-electron chi connectivity index (χ3n) is 11.6. The summed E-state index contributed by atoms with van der Waals surface area (Å²) in [7, 11) is 3.35. The van der Waals surface area contributed by atoms with E-state index in [1.54, 1.807) is 14.2 Å². The molecule has 6 rings (SSSR count). The molecule has 0 radical (unpaired) electrons. The molecule has 0 aliphatic carbocycles. The molecule has 12 nitrogen and oxygen atoms in total. The summed E-state index contributed by atoms with van der Waals surface area (Å²) in [6.07, 6.45) is 5.91. The number of likely N-dealkylation sites (tertiary alicyclic amines) is 2. The Morgan fingerprint density at radius 1 is 0.942 bits per heavy atom. The summed E-state index contributed by atoms with van der Waals surface area (Å²) in [5.41, 5.74) is 1.88. The molecule has 2 N–H and O–H groups in total. The van der Waals surface area contributed by atoms with Gasteiger partial charge in [0.1, 0.15) is 10.6 Å². The number of aryl methyl sites for hydroxylation is 1. The van der Waals surface area contributed by atoms with E-state index < -0.39 is 0 Å². The number of ether oxygens (including phenoxy) is 2. The standard InChI is InChI=1S/C39H56N6O6S/c1-26-38-39(49)44-17-12-29(21-37(48)45-15-5-7-32(45)25-50-2)31(24-44)20-35(47)40-13-9-30-23-43(22-27-6-4-8-33(18-27)51-3)16-11-28(30)19-34(46)41-14-10-36(42-26)52-38/h4,6,8,18,28-32H,5,7,9-17,19-25H2,1-3H3,(H,40,47)(H,41,46)/t28-,29-,30-,31-,32+/m0/s1. The molecule has 0 spiro atoms. The molecule has 52 heavy (non-hydrogen) atoms. The van der Waals surface area contributed by atoms with Crippen molar-refractivity contribution in [1.29, 1.82) is 0 Å². The molecule has 1 aromatic heterocycles. The Morgan fingerprint density at radius 2 is 1.75 bits per heavy atom. The second-order valence-electron chi connectivity index (χ2n) is 15.2. The van der Waals surface area contributed by atoms with Crippen molar-refractivity contribution < 1.29 is 28.7 Å². The third-order valence-corrected chi connectivity index (χ3v) is 12.8. The molecule has 1 aromatic carbocycles. The molecular weight excluding hydrogens is 681 g/mol. The maximum atomic E-state index is 13.9. The molecule has 5 heterocycles. The highest BCUT2D eigenvalue weighted by atomic mass is 32.1. The molecule has 4 amide bonds. The van der Waals surface area contributed by atoms with Crippen LogP contribution in [0.5, 0.6) is 5.75 Å². The summed E-state index contributed by atoms with van der Waals surface area (Å²) in [5.74, 6) is 1.19. The first-order valence-electron chi connectivity index (χ1n) is 19.1. The number of fused-ring (bicyclic) bond motifs is 5. The Hall–Kier alpha value is -3.55. The molecule has 13 heteroatoms. The van der Waals surface area contributed by atoms with Gasteiger partial charge in [0, 0.05) is 78.6 Å². The number of nitrogens with one attached hydrogen (secondary N) is 2. The Bertz CT molecular complexity index is 1570. The minimum absolute atomic E-state index is 0.00306. The van der Waals surface area contributed by atoms with E-state index in [0.717, 1.165) is 62.6 Å². The Kier molecular flexibility index (Phi) is 13.2. The molecule has 284 valence electrons. The van der Waals surface area contributed by atoms with Crippen LogP contribution in [0.1, 0.15) is 77.3 Å². The van der Waals surface area contributed by atoms with Gasteiger partial charge in [-0.3, -0.25) is 24.1 Å². The molecular formula is C39H56N6O6S. The molecule has 4 bridgehead atoms. The van der Waals surface area contributed by atoms with Crippen molar-refractivity contribution in [3.8, 4) is 5.75 Å². The number of piperidine rings is 2. The molecule has 0 saturated carbocycles. The van der Waals surface area contributed by atoms with E-state index in [1.165, 1.54) is 16.9 Å². The normalized spacial score (nSPS) is 26.8. The van der Waals surface area contributed by atoms with E-state index >= 15 is 0 Å². The van der Waals surface area contributed by atoms with E-state index in [4.69, 9.17) is 14.5 Å². The van der Waals surface area contributed by atoms with Gasteiger partial charge in [0.25, 0.3) is 5.91 Å². The van der Waals surface area contributed by atoms with Crippen LogP contribution in [0.3, 0.4) is 0 Å². The minimum atomic E-state index is -0.137. The summed E-state index contributed by atoms with van der Waals surface area (Å²) in [6, 6.07) is 8.25. The highest BCUT2D eigenvalue weighted by Crippen LogP contribution is 2.34. The van der Waals surface area contributed by atoms with Crippen LogP contribution < -0.4 is 15.4 Å². The lowest BCUT2D eigenvalue weighted by Crippen LogP contribution is -2.47. The summed E-state index contributed by atoms with van der Waals surface area (Å²) in [6.45, 7) is 7.63. The van der Waals surface area contributed by atoms with E-state index in [1.807, 2.05) is 28.9 Å². The fourth-order valence-electron chi connectivity index (χ4n) is 8.79. The number of thiazole rings is 1. The zero-order valence-electron chi connectivity index (χ0n) is 31.1. The number of nitrogens with zero attached hydrogens (tertiary/aromatic N) is 4. The fraction of sp³-hybridized carbons (Fsp3) is 0.667. The molecule has 4 aliphatic heterocycles. The monoisotopic (exact) mass is 736 g/mol. The molecule has 5 atom stereocenters. The number of hydrogen-bond acceptors (Lipinski definition) is 9. The van der Waals surface area contributed by atoms with Crippen molar-refractivity contribution in [2.45, 2.75) is 77.3 Å². The van der Waals surface area contributed by atoms with E-state index in [2.05, 4.69) is 27.7 Å². The maximum Gasteiger partial charge on any atom is 0.265 e. The average Bonchev–Trinajstić information content (AvgIpc) is 3.75. The highest BCUT2D eigenvalue weighted by molar-refractivity contribution is 7.13. The van der Waals surface area contributed by atoms with Gasteiger partial charge >= 0.3 is 0 Å². The van der Waals surface area contributed by atoms with Crippen LogP contribution in [0.2, 0.25) is 0 Å². The minimum Gasteiger partial charge on any atom is -0.497 e. The molecule has 0 unspecified atom stereocenters. The van der Waals surface area contributed by atoms with Crippen molar-refractivity contribution in [3.63, 3.8) is 0 Å². The van der Waals surface area contributed by atoms with Crippen LogP contribution in [0, 0.1) is 30.6 Å². The van der Waals surface area contributed by atoms with E-state index in [9.17, 15) is 19.2 Å². The van der Waals surface area contributed by atoms with Crippen molar-refractivity contribution in [1.82, 2.24) is 30.3 Å². The second kappa shape index (κ2) is 18.0. The second-order valence-corrected chi connectivity index (χ2v) is 16.3. The first-order valence-corrected chi connectivity index (χ1v) is 19.9. The Labute approximate surface area is 312 Å². The van der Waals surface area contributed by atoms with Crippen molar-refractivity contribution in [2.75, 3.05) is 66.6 Å². The van der Waals surface area contributed by atoms with Crippen LogP contribution in [0.25, 0.3) is 0 Å². The number of benzene rings is 1. The van der Waals surface area contributed by atoms with Gasteiger partial charge in [-0.15, -0.1) is 11.3 Å². The summed E-state index contributed by atoms with van der Waals surface area (Å²) < 4.78 is 10.8. The first-order chi connectivity index (χ1) is 25.2. The van der Waals surface area contributed by atoms with Gasteiger partial charge in [0.15, 0.2) is 0 Å². The van der Waals surface area contributed by atoms with Gasteiger partial charge < -0.3 is 29.9 Å². The molecule has 4 aliphatic rings. The third kappa shape index (κ3) is 9.70. The van der Waals surface area contributed by atoms with Gasteiger partial charge in [0.2, 0.25) is 17.7 Å². The number of rotatable bonds is 7. The quantitative estimate of drug-likeness (QED) is 0.441. The number of methoxy groups -OCH3 is 2. The average molecular weight is 737 g/mol. The zero-order valence-corrected chi connectivity index (χ0v) is 31.9. The number of hydrogen-bond donors (Lipinski definition) is 2. The van der Waals surface area contributed by atoms with Crippen LogP contribution >= 0.6 is 11.3 Å². The van der Waals surface area contributed by atoms with Crippen LogP contribution in [-0.4, -0.2) is 116 Å². The lowest BCUT2D eigenvalue weighted by atomic mass is 9.80. The van der Waals surface area contributed by atoms with Crippen LogP contribution in [0.4, 0.5) is 0 Å². The smallest absolute Gasteiger partial charge is 0.265 e. The van der Waals surface area contributed by atoms with Crippen LogP contribution in [0.15, 0.2) is 24.3 Å². The van der Waals surface area contributed by atoms with E-state index in [-0.39, 0.29) is 59.8 Å². The summed E-state index contributed by atoms with van der Waals surface area (Å²) in [4.78, 5) is 65.9. The predicted molar refractivity (Wildman–Crippen MR) is 199 cm³/mol. The van der Waals surface area contributed by atoms with Gasteiger partial charge in [-0.2, -0.15) is 0 Å². The number of amides is 4. The van der Waals surface area contributed by atoms with Crippen molar-refractivity contribution >= 4 is 35.0 Å². The molecule has 2 aromatic rings. The van der Waals surface area contributed by atoms with E-state index in [0.29, 0.717) is 69.0 Å². The zero-order chi connectivity index (χ0) is 36.6. The predicted octanol–water partition coefficient (Wildman–Crippen LogP) is 3.66. The highest BCUT2D eigenvalue weighted by Gasteiger charge is 2.38. The first kappa shape index (κ1) is 38.2. The largest absolute Gasteiger partial charge is 0.497 e. The Morgan fingerprint density at radius 3 is 2.56 bits per heavy atom. The lowest BCUT2D eigenvalue weighted by molar-refractivity contribution is -0.135. The van der Waals surface area contributed by atoms with Gasteiger partial charge in [-0.25, -0.2) is 4.98 Å². The van der Waals surface area contributed by atoms with Gasteiger partial charge in [-0.1, -0.05) is 12.1 Å². The Balaban J connectivity index is 1.17. The molecule has 3 saturated heterocycles. The SMILES string of the molecule is COC[C@H]1CCCN1C(=O)C[C@@H]1CCN2C[C@@H]1CC(=O)NCC[C@H]1CN(Cc3cccc(OC)c3)CC[C@H]1CC(=O)NCCc1nc(C)c(s1)C2=O. The van der Waals surface area contributed by atoms with Crippen molar-refractivity contribution in [3.05, 3.63) is 45.4 Å². The topological polar surface area (TPSA) is 133 Å². The maximum absolute atomic E-state index is 13.9.